The van der Waals surface area contributed by atoms with Gasteiger partial charge in [0.2, 0.25) is 0 Å². The zero-order valence-corrected chi connectivity index (χ0v) is 12.7. The van der Waals surface area contributed by atoms with Crippen LogP contribution >= 0.6 is 0 Å². The van der Waals surface area contributed by atoms with E-state index < -0.39 is 0 Å². The van der Waals surface area contributed by atoms with Gasteiger partial charge in [0.15, 0.2) is 11.6 Å². The van der Waals surface area contributed by atoms with Crippen LogP contribution in [0, 0.1) is 5.82 Å². The molecule has 1 aliphatic heterocycles. The molecule has 0 aliphatic carbocycles. The number of hydrogen-bond acceptors (Lipinski definition) is 4. The Hall–Kier alpha value is -1.17. The predicted octanol–water partition coefficient (Wildman–Crippen LogP) is 1.90. The summed E-state index contributed by atoms with van der Waals surface area (Å²) in [6.07, 6.45) is 2.46. The summed E-state index contributed by atoms with van der Waals surface area (Å²) in [6, 6.07) is 7.08. The van der Waals surface area contributed by atoms with Crippen LogP contribution in [0.3, 0.4) is 0 Å². The number of hydrogen-bond donors (Lipinski definition) is 1. The summed E-state index contributed by atoms with van der Waals surface area (Å²) >= 11 is 0. The molecule has 0 amide bonds. The third-order valence-electron chi connectivity index (χ3n) is 3.75. The van der Waals surface area contributed by atoms with Gasteiger partial charge in [-0.2, -0.15) is 0 Å². The summed E-state index contributed by atoms with van der Waals surface area (Å²) in [4.78, 5) is 2.31. The van der Waals surface area contributed by atoms with E-state index in [9.17, 15) is 4.39 Å². The third-order valence-corrected chi connectivity index (χ3v) is 3.75. The molecule has 1 N–H and O–H groups in total. The lowest BCUT2D eigenvalue weighted by Gasteiger charge is -2.25. The van der Waals surface area contributed by atoms with Crippen molar-refractivity contribution in [1.29, 1.82) is 0 Å². The average Bonchev–Trinajstić information content (AvgIpc) is 2.99. The molecule has 1 atom stereocenters. The second kappa shape index (κ2) is 8.97. The minimum Gasteiger partial charge on any atom is -0.489 e. The Morgan fingerprint density at radius 1 is 1.29 bits per heavy atom. The quantitative estimate of drug-likeness (QED) is 0.755. The lowest BCUT2D eigenvalue weighted by atomic mass is 10.2. The van der Waals surface area contributed by atoms with Crippen molar-refractivity contribution in [2.24, 2.45) is 0 Å². The zero-order chi connectivity index (χ0) is 14.9. The Balaban J connectivity index is 1.76. The third kappa shape index (κ3) is 5.61. The fourth-order valence-corrected chi connectivity index (χ4v) is 2.59. The molecule has 21 heavy (non-hydrogen) atoms. The molecule has 0 spiro atoms. The normalized spacial score (nSPS) is 18.3. The van der Waals surface area contributed by atoms with Crippen molar-refractivity contribution in [2.75, 3.05) is 46.5 Å². The first-order valence-corrected chi connectivity index (χ1v) is 7.61. The summed E-state index contributed by atoms with van der Waals surface area (Å²) in [6.45, 7) is 4.92. The second-order valence-electron chi connectivity index (χ2n) is 5.37. The van der Waals surface area contributed by atoms with Crippen LogP contribution in [0.4, 0.5) is 4.39 Å². The maximum Gasteiger partial charge on any atom is 0.165 e. The molecular weight excluding hydrogens is 271 g/mol. The lowest BCUT2D eigenvalue weighted by Crippen LogP contribution is -2.41. The van der Waals surface area contributed by atoms with Gasteiger partial charge in [0.05, 0.1) is 6.61 Å². The molecule has 1 fully saturated rings. The molecule has 1 aliphatic rings. The molecule has 0 bridgehead atoms. The standard InChI is InChI=1S/C16H25FN2O2/c1-20-11-9-19(13-14-5-4-8-18-14)10-12-21-16-7-3-2-6-15(16)17/h2-3,6-7,14,18H,4-5,8-13H2,1H3. The molecule has 4 nitrogen and oxygen atoms in total. The Bertz CT molecular complexity index is 411. The molecular formula is C16H25FN2O2. The Morgan fingerprint density at radius 2 is 2.10 bits per heavy atom. The Labute approximate surface area is 126 Å². The van der Waals surface area contributed by atoms with Gasteiger partial charge < -0.3 is 14.8 Å². The molecule has 0 aromatic heterocycles. The monoisotopic (exact) mass is 296 g/mol. The van der Waals surface area contributed by atoms with E-state index in [0.29, 0.717) is 25.0 Å². The van der Waals surface area contributed by atoms with Gasteiger partial charge in [-0.1, -0.05) is 12.1 Å². The number of nitrogens with zero attached hydrogens (tertiary/aromatic N) is 1. The van der Waals surface area contributed by atoms with Gasteiger partial charge in [-0.15, -0.1) is 0 Å². The van der Waals surface area contributed by atoms with Crippen molar-refractivity contribution in [3.05, 3.63) is 30.1 Å². The van der Waals surface area contributed by atoms with Crippen LogP contribution < -0.4 is 10.1 Å². The van der Waals surface area contributed by atoms with Gasteiger partial charge in [-0.3, -0.25) is 4.90 Å². The fourth-order valence-electron chi connectivity index (χ4n) is 2.59. The van der Waals surface area contributed by atoms with Gasteiger partial charge in [0, 0.05) is 32.8 Å². The Kier molecular flexibility index (Phi) is 6.92. The van der Waals surface area contributed by atoms with E-state index in [-0.39, 0.29) is 5.82 Å². The number of halogens is 1. The van der Waals surface area contributed by atoms with Crippen molar-refractivity contribution in [2.45, 2.75) is 18.9 Å². The number of benzene rings is 1. The molecule has 0 radical (unpaired) electrons. The topological polar surface area (TPSA) is 33.7 Å². The number of nitrogens with one attached hydrogen (secondary N) is 1. The number of para-hydroxylation sites is 1. The first-order valence-electron chi connectivity index (χ1n) is 7.61. The summed E-state index contributed by atoms with van der Waals surface area (Å²) < 4.78 is 24.2. The van der Waals surface area contributed by atoms with Crippen LogP contribution in [0.1, 0.15) is 12.8 Å². The van der Waals surface area contributed by atoms with Crippen molar-refractivity contribution in [1.82, 2.24) is 10.2 Å². The first kappa shape index (κ1) is 16.2. The van der Waals surface area contributed by atoms with Gasteiger partial charge in [-0.05, 0) is 31.5 Å². The van der Waals surface area contributed by atoms with Crippen molar-refractivity contribution < 1.29 is 13.9 Å². The molecule has 118 valence electrons. The highest BCUT2D eigenvalue weighted by atomic mass is 19.1. The molecule has 1 saturated heterocycles. The van der Waals surface area contributed by atoms with Crippen LogP contribution in [-0.2, 0) is 4.74 Å². The summed E-state index contributed by atoms with van der Waals surface area (Å²) in [7, 11) is 1.71. The molecule has 5 heteroatoms. The van der Waals surface area contributed by atoms with E-state index in [1.54, 1.807) is 25.3 Å². The number of ether oxygens (including phenoxy) is 2. The summed E-state index contributed by atoms with van der Waals surface area (Å²) in [5.41, 5.74) is 0. The van der Waals surface area contributed by atoms with Gasteiger partial charge in [0.1, 0.15) is 6.61 Å². The predicted molar refractivity (Wildman–Crippen MR) is 81.2 cm³/mol. The van der Waals surface area contributed by atoms with Crippen molar-refractivity contribution in [3.63, 3.8) is 0 Å². The van der Waals surface area contributed by atoms with E-state index >= 15 is 0 Å². The van der Waals surface area contributed by atoms with Gasteiger partial charge >= 0.3 is 0 Å². The maximum absolute atomic E-state index is 13.5. The summed E-state index contributed by atoms with van der Waals surface area (Å²) in [5, 5.41) is 3.50. The van der Waals surface area contributed by atoms with Gasteiger partial charge in [-0.25, -0.2) is 4.39 Å². The maximum atomic E-state index is 13.5. The molecule has 2 rings (SSSR count). The van der Waals surface area contributed by atoms with Crippen LogP contribution in [0.25, 0.3) is 0 Å². The van der Waals surface area contributed by atoms with Crippen LogP contribution in [0.15, 0.2) is 24.3 Å². The van der Waals surface area contributed by atoms with Gasteiger partial charge in [0.25, 0.3) is 0 Å². The smallest absolute Gasteiger partial charge is 0.165 e. The van der Waals surface area contributed by atoms with E-state index in [4.69, 9.17) is 9.47 Å². The number of rotatable bonds is 9. The molecule has 1 heterocycles. The minimum atomic E-state index is -0.307. The molecule has 1 unspecified atom stereocenters. The number of methoxy groups -OCH3 is 1. The SMILES string of the molecule is COCCN(CCOc1ccccc1F)CC1CCCN1. The zero-order valence-electron chi connectivity index (χ0n) is 12.7. The van der Waals surface area contributed by atoms with E-state index in [0.717, 1.165) is 26.2 Å². The van der Waals surface area contributed by atoms with E-state index in [1.807, 2.05) is 0 Å². The first-order chi connectivity index (χ1) is 10.3. The highest BCUT2D eigenvalue weighted by Gasteiger charge is 2.17. The van der Waals surface area contributed by atoms with E-state index in [2.05, 4.69) is 10.2 Å². The fraction of sp³-hybridized carbons (Fsp3) is 0.625. The van der Waals surface area contributed by atoms with Crippen molar-refractivity contribution in [3.8, 4) is 5.75 Å². The van der Waals surface area contributed by atoms with Crippen LogP contribution in [-0.4, -0.2) is 57.4 Å². The molecule has 1 aromatic rings. The van der Waals surface area contributed by atoms with Crippen molar-refractivity contribution >= 4 is 0 Å². The largest absolute Gasteiger partial charge is 0.489 e. The molecule has 1 aromatic carbocycles. The second-order valence-corrected chi connectivity index (χ2v) is 5.37. The highest BCUT2D eigenvalue weighted by Crippen LogP contribution is 2.15. The van der Waals surface area contributed by atoms with Crippen LogP contribution in [0.2, 0.25) is 0 Å². The molecule has 0 saturated carbocycles. The highest BCUT2D eigenvalue weighted by molar-refractivity contribution is 5.23. The average molecular weight is 296 g/mol. The van der Waals surface area contributed by atoms with E-state index in [1.165, 1.54) is 18.9 Å². The Morgan fingerprint density at radius 3 is 2.81 bits per heavy atom. The lowest BCUT2D eigenvalue weighted by molar-refractivity contribution is 0.128. The minimum absolute atomic E-state index is 0.307. The van der Waals surface area contributed by atoms with Crippen LogP contribution in [0.5, 0.6) is 5.75 Å². The summed E-state index contributed by atoms with van der Waals surface area (Å²) in [5.74, 6) is 0.0154.